The van der Waals surface area contributed by atoms with Gasteiger partial charge in [-0.3, -0.25) is 19.2 Å². The van der Waals surface area contributed by atoms with Gasteiger partial charge in [0, 0.05) is 69.8 Å². The zero-order valence-corrected chi connectivity index (χ0v) is 51.9. The number of carbonyl (C=O) groups excluding carboxylic acids is 6. The summed E-state index contributed by atoms with van der Waals surface area (Å²) in [5.41, 5.74) is 6.24. The van der Waals surface area contributed by atoms with Crippen LogP contribution < -0.4 is 30.7 Å². The van der Waals surface area contributed by atoms with Gasteiger partial charge >= 0.3 is 12.2 Å². The smallest absolute Gasteiger partial charge is 0.408 e. The highest BCUT2D eigenvalue weighted by molar-refractivity contribution is 5.95. The van der Waals surface area contributed by atoms with E-state index in [2.05, 4.69) is 40.5 Å². The van der Waals surface area contributed by atoms with Crippen molar-refractivity contribution in [1.29, 1.82) is 0 Å². The van der Waals surface area contributed by atoms with E-state index in [-0.39, 0.29) is 72.8 Å². The number of aromatic nitrogens is 2. The number of rotatable bonds is 14. The van der Waals surface area contributed by atoms with Crippen LogP contribution in [0.4, 0.5) is 9.59 Å². The second-order valence-electron chi connectivity index (χ2n) is 25.2. The number of hydrogen-bond acceptors (Lipinski definition) is 12. The highest BCUT2D eigenvalue weighted by Crippen LogP contribution is 2.45. The number of benzene rings is 4. The van der Waals surface area contributed by atoms with Gasteiger partial charge in [0.25, 0.3) is 0 Å². The first-order valence-electron chi connectivity index (χ1n) is 31.9. The molecule has 4 aromatic carbocycles. The Kier molecular flexibility index (Phi) is 19.0. The summed E-state index contributed by atoms with van der Waals surface area (Å²) >= 11 is 0. The lowest BCUT2D eigenvalue weighted by molar-refractivity contribution is -0.140. The third-order valence-electron chi connectivity index (χ3n) is 18.4. The van der Waals surface area contributed by atoms with Gasteiger partial charge in [-0.05, 0) is 93.8 Å². The van der Waals surface area contributed by atoms with Crippen molar-refractivity contribution < 1.29 is 47.7 Å². The molecule has 2 saturated heterocycles. The average molecular weight is 1220 g/mol. The number of hydrogen-bond donors (Lipinski definition) is 4. The van der Waals surface area contributed by atoms with E-state index in [4.69, 9.17) is 28.9 Å². The molecule has 4 aliphatic heterocycles. The van der Waals surface area contributed by atoms with Gasteiger partial charge < -0.3 is 50.0 Å². The van der Waals surface area contributed by atoms with Gasteiger partial charge in [0.1, 0.15) is 54.5 Å². The average Bonchev–Trinajstić information content (AvgIpc) is 1.63. The van der Waals surface area contributed by atoms with E-state index in [1.165, 1.54) is 0 Å². The molecule has 0 unspecified atom stereocenters. The Morgan fingerprint density at radius 3 is 1.62 bits per heavy atom. The van der Waals surface area contributed by atoms with Crippen molar-refractivity contribution in [2.75, 3.05) is 26.3 Å². The van der Waals surface area contributed by atoms with Gasteiger partial charge in [0.05, 0.1) is 42.1 Å². The third kappa shape index (κ3) is 14.3. The van der Waals surface area contributed by atoms with Crippen molar-refractivity contribution in [3.63, 3.8) is 0 Å². The van der Waals surface area contributed by atoms with Crippen LogP contribution in [0.5, 0.6) is 11.5 Å². The SMILES string of the molecule is C=C[C@@H]1C[C@@]1(C)NC(=O)[C@@H]1C[C@@H]2CN1C(=O)[C@H](CCCC)NC(=O)OC/C=C\c1ccc3nc(-c4ccccc4)cc(c3c1)O2.C=C[C@@H]1C[C@@]1(C)NC(=O)[C@@H]1C[C@@H]2CN1C(=O)[C@H](CCCC)NC(=O)OCCCc1ccc3nc(-c4ccccc4)cc(c3c1)O2. The van der Waals surface area contributed by atoms with E-state index in [9.17, 15) is 28.8 Å². The summed E-state index contributed by atoms with van der Waals surface area (Å²) in [5.74, 6) is 0.608. The third-order valence-corrected chi connectivity index (χ3v) is 18.4. The summed E-state index contributed by atoms with van der Waals surface area (Å²) < 4.78 is 24.4. The zero-order chi connectivity index (χ0) is 63.1. The van der Waals surface area contributed by atoms with Crippen molar-refractivity contribution in [3.05, 3.63) is 152 Å². The molecule has 4 fully saturated rings. The fourth-order valence-electron chi connectivity index (χ4n) is 12.9. The standard InChI is InChI=1S/C36H42N4O5.C36H40N4O5/c2*1-4-6-14-29-34(42)40-22-26(19-31(40)33(41)39-36(3)21-25(36)5-2)45-32-20-30(24-12-8-7-9-13-24)37-28-16-15-23(18-27(28)32)11-10-17-44-35(43)38-29/h5,7-9,12-13,15-16,18,20,25-26,29,31H,2,4,6,10-11,14,17,19,21-22H2,1,3H3,(H,38,43)(H,39,41);5,7-13,15-16,18,20,25-26,29,31H,2,4,6,14,17,19,21-22H2,1,3H3,(H,38,43)(H,39,41)/b;11-10-/t2*25-,26-,29+,31+,36-/m11/s1. The Hall–Kier alpha value is -9.06. The first kappa shape index (κ1) is 62.5. The highest BCUT2D eigenvalue weighted by Gasteiger charge is 2.53. The minimum Gasteiger partial charge on any atom is -0.488 e. The molecule has 12 rings (SSSR count). The second kappa shape index (κ2) is 27.4. The Bertz CT molecular complexity index is 3710. The molecule has 90 heavy (non-hydrogen) atoms. The number of amides is 6. The van der Waals surface area contributed by atoms with Crippen molar-refractivity contribution in [3.8, 4) is 34.0 Å². The van der Waals surface area contributed by atoms with Crippen LogP contribution in [-0.4, -0.2) is 129 Å². The molecule has 0 radical (unpaired) electrons. The predicted octanol–water partition coefficient (Wildman–Crippen LogP) is 11.2. The van der Waals surface area contributed by atoms with Gasteiger partial charge in [-0.15, -0.1) is 13.2 Å². The number of aryl methyl sites for hydroxylation is 1. The first-order valence-corrected chi connectivity index (χ1v) is 31.9. The molecule has 470 valence electrons. The van der Waals surface area contributed by atoms with Gasteiger partial charge in [-0.2, -0.15) is 0 Å². The fraction of sp³-hybridized carbons (Fsp3) is 0.417. The van der Waals surface area contributed by atoms with Crippen molar-refractivity contribution >= 4 is 63.7 Å². The minimum atomic E-state index is -0.828. The van der Waals surface area contributed by atoms with Gasteiger partial charge in [-0.25, -0.2) is 19.6 Å². The number of carbonyl (C=O) groups is 6. The predicted molar refractivity (Wildman–Crippen MR) is 346 cm³/mol. The summed E-state index contributed by atoms with van der Waals surface area (Å²) in [5, 5.41) is 13.6. The van der Waals surface area contributed by atoms with Crippen LogP contribution in [0.15, 0.2) is 141 Å². The Morgan fingerprint density at radius 2 is 1.13 bits per heavy atom. The number of unbranched alkanes of at least 4 members (excludes halogenated alkanes) is 2. The number of pyridine rings is 2. The maximum Gasteiger partial charge on any atom is 0.408 e. The minimum absolute atomic E-state index is 0.0347. The van der Waals surface area contributed by atoms with Crippen LogP contribution in [0.1, 0.15) is 109 Å². The largest absolute Gasteiger partial charge is 0.488 e. The summed E-state index contributed by atoms with van der Waals surface area (Å²) in [4.78, 5) is 94.5. The first-order chi connectivity index (χ1) is 43.5. The molecule has 10 atom stereocenters. The second-order valence-corrected chi connectivity index (χ2v) is 25.2. The molecule has 4 N–H and O–H groups in total. The molecular weight excluding hydrogens is 1140 g/mol. The molecule has 2 aromatic heterocycles. The van der Waals surface area contributed by atoms with Gasteiger partial charge in [0.2, 0.25) is 23.6 Å². The van der Waals surface area contributed by atoms with E-state index in [0.29, 0.717) is 50.0 Å². The lowest BCUT2D eigenvalue weighted by Gasteiger charge is -2.29. The van der Waals surface area contributed by atoms with Crippen LogP contribution in [0.2, 0.25) is 0 Å². The molecule has 0 spiro atoms. The molecule has 18 heteroatoms. The molecule has 6 amide bonds. The Morgan fingerprint density at radius 1 is 0.644 bits per heavy atom. The lowest BCUT2D eigenvalue weighted by Crippen LogP contribution is -2.55. The quantitative estimate of drug-likeness (QED) is 0.0749. The topological polar surface area (TPSA) is 220 Å². The summed E-state index contributed by atoms with van der Waals surface area (Å²) in [6, 6.07) is 32.6. The molecule has 2 saturated carbocycles. The molecule has 8 bridgehead atoms. The van der Waals surface area contributed by atoms with Crippen LogP contribution >= 0.6 is 0 Å². The Labute approximate surface area is 526 Å². The number of cyclic esters (lactones) is 2. The van der Waals surface area contributed by atoms with E-state index in [1.807, 2.05) is 149 Å². The van der Waals surface area contributed by atoms with Gasteiger partial charge in [-0.1, -0.05) is 131 Å². The zero-order valence-electron chi connectivity index (χ0n) is 51.9. The van der Waals surface area contributed by atoms with E-state index in [0.717, 1.165) is 94.0 Å². The summed E-state index contributed by atoms with van der Waals surface area (Å²) in [6.07, 6.45) is 12.8. The number of fused-ring (bicyclic) bond motifs is 6. The maximum absolute atomic E-state index is 14.1. The van der Waals surface area contributed by atoms with Crippen molar-refractivity contribution in [1.82, 2.24) is 41.0 Å². The summed E-state index contributed by atoms with van der Waals surface area (Å²) in [6.45, 7) is 16.5. The van der Waals surface area contributed by atoms with Gasteiger partial charge in [0.15, 0.2) is 0 Å². The monoisotopic (exact) mass is 1220 g/mol. The molecule has 6 aromatic rings. The number of ether oxygens (including phenoxy) is 4. The van der Waals surface area contributed by atoms with Crippen LogP contribution in [-0.2, 0) is 35.1 Å². The molecule has 2 aliphatic carbocycles. The van der Waals surface area contributed by atoms with E-state index < -0.39 is 48.6 Å². The van der Waals surface area contributed by atoms with Crippen LogP contribution in [0.3, 0.4) is 0 Å². The molecule has 6 aliphatic rings. The number of nitrogens with one attached hydrogen (secondary N) is 4. The van der Waals surface area contributed by atoms with Crippen molar-refractivity contribution in [2.24, 2.45) is 11.8 Å². The van der Waals surface area contributed by atoms with E-state index in [1.54, 1.807) is 15.9 Å². The Balaban J connectivity index is 0.000000185. The highest BCUT2D eigenvalue weighted by atomic mass is 16.6. The number of nitrogens with zero attached hydrogens (tertiary/aromatic N) is 4. The molecule has 18 nitrogen and oxygen atoms in total. The summed E-state index contributed by atoms with van der Waals surface area (Å²) in [7, 11) is 0. The van der Waals surface area contributed by atoms with Crippen molar-refractivity contribution in [2.45, 2.75) is 152 Å². The van der Waals surface area contributed by atoms with E-state index >= 15 is 0 Å². The normalized spacial score (nSPS) is 26.8. The van der Waals surface area contributed by atoms with Crippen LogP contribution in [0, 0.1) is 11.8 Å². The lowest BCUT2D eigenvalue weighted by atomic mass is 10.0. The molecule has 6 heterocycles. The number of alkyl carbamates (subject to hydrolysis) is 2. The van der Waals surface area contributed by atoms with Crippen LogP contribution in [0.25, 0.3) is 50.4 Å². The maximum atomic E-state index is 14.1. The fourth-order valence-corrected chi connectivity index (χ4v) is 12.9. The molecular formula is C72H82N8O10.